The van der Waals surface area contributed by atoms with Crippen molar-refractivity contribution in [2.45, 2.75) is 65.7 Å². The van der Waals surface area contributed by atoms with E-state index in [1.54, 1.807) is 12.1 Å². The molecule has 0 fully saturated rings. The van der Waals surface area contributed by atoms with E-state index in [9.17, 15) is 4.79 Å². The number of unbranched alkanes of at least 4 members (excludes halogenated alkanes) is 4. The molecule has 0 bridgehead atoms. The number of ether oxygens (including phenoxy) is 5. The van der Waals surface area contributed by atoms with Gasteiger partial charge in [-0.25, -0.2) is 0 Å². The van der Waals surface area contributed by atoms with Crippen molar-refractivity contribution < 1.29 is 28.5 Å². The Kier molecular flexibility index (Phi) is 11.6. The van der Waals surface area contributed by atoms with Gasteiger partial charge in [0.25, 0.3) is 0 Å². The second-order valence-electron chi connectivity index (χ2n) is 8.14. The van der Waals surface area contributed by atoms with Crippen LogP contribution in [0.5, 0.6) is 17.2 Å². The molecule has 0 atom stereocenters. The Labute approximate surface area is 181 Å². The van der Waals surface area contributed by atoms with Crippen LogP contribution in [0.2, 0.25) is 0 Å². The Morgan fingerprint density at radius 3 is 2.20 bits per heavy atom. The van der Waals surface area contributed by atoms with Gasteiger partial charge in [0.15, 0.2) is 17.3 Å². The second-order valence-corrected chi connectivity index (χ2v) is 8.14. The highest BCUT2D eigenvalue weighted by molar-refractivity contribution is 5.98. The van der Waals surface area contributed by atoms with Crippen LogP contribution >= 0.6 is 0 Å². The maximum Gasteiger partial charge on any atom is 0.231 e. The maximum absolute atomic E-state index is 11.8. The number of fused-ring (bicyclic) bond motifs is 1. The van der Waals surface area contributed by atoms with Gasteiger partial charge in [0.2, 0.25) is 6.79 Å². The SMILES string of the molecule is CC(=O)c1cc(OCCCCCCOCCCCOCCC(C)C)cc2c1OCO2. The lowest BCUT2D eigenvalue weighted by Crippen LogP contribution is -2.03. The largest absolute Gasteiger partial charge is 0.493 e. The molecule has 0 N–H and O–H groups in total. The summed E-state index contributed by atoms with van der Waals surface area (Å²) in [6.07, 6.45) is 7.53. The molecule has 1 heterocycles. The zero-order valence-electron chi connectivity index (χ0n) is 18.9. The van der Waals surface area contributed by atoms with E-state index >= 15 is 0 Å². The van der Waals surface area contributed by atoms with E-state index in [0.717, 1.165) is 71.4 Å². The third-order valence-electron chi connectivity index (χ3n) is 4.94. The van der Waals surface area contributed by atoms with Crippen molar-refractivity contribution in [2.24, 2.45) is 5.92 Å². The molecular formula is C24H38O6. The number of hydrogen-bond donors (Lipinski definition) is 0. The molecule has 0 saturated carbocycles. The number of hydrogen-bond acceptors (Lipinski definition) is 6. The summed E-state index contributed by atoms with van der Waals surface area (Å²) in [6.45, 7) is 10.1. The van der Waals surface area contributed by atoms with Gasteiger partial charge >= 0.3 is 0 Å². The van der Waals surface area contributed by atoms with E-state index in [2.05, 4.69) is 13.8 Å². The van der Waals surface area contributed by atoms with Crippen LogP contribution in [0, 0.1) is 5.92 Å². The van der Waals surface area contributed by atoms with Crippen LogP contribution in [0.3, 0.4) is 0 Å². The molecule has 0 spiro atoms. The summed E-state index contributed by atoms with van der Waals surface area (Å²) in [5, 5.41) is 0. The number of benzene rings is 1. The minimum atomic E-state index is -0.0548. The van der Waals surface area contributed by atoms with Crippen LogP contribution < -0.4 is 14.2 Å². The van der Waals surface area contributed by atoms with Gasteiger partial charge in [-0.15, -0.1) is 0 Å². The van der Waals surface area contributed by atoms with Gasteiger partial charge < -0.3 is 23.7 Å². The number of rotatable bonds is 17. The molecule has 2 rings (SSSR count). The van der Waals surface area contributed by atoms with Crippen LogP contribution in [-0.2, 0) is 9.47 Å². The lowest BCUT2D eigenvalue weighted by atomic mass is 10.1. The highest BCUT2D eigenvalue weighted by atomic mass is 16.7. The minimum Gasteiger partial charge on any atom is -0.493 e. The molecule has 1 aromatic rings. The molecular weight excluding hydrogens is 384 g/mol. The number of carbonyl (C=O) groups is 1. The van der Waals surface area contributed by atoms with E-state index in [1.807, 2.05) is 0 Å². The minimum absolute atomic E-state index is 0.0548. The van der Waals surface area contributed by atoms with Crippen molar-refractivity contribution in [3.63, 3.8) is 0 Å². The summed E-state index contributed by atoms with van der Waals surface area (Å²) < 4.78 is 27.8. The average Bonchev–Trinajstić information content (AvgIpc) is 3.18. The summed E-state index contributed by atoms with van der Waals surface area (Å²) in [7, 11) is 0. The Morgan fingerprint density at radius 1 is 0.900 bits per heavy atom. The van der Waals surface area contributed by atoms with Gasteiger partial charge in [-0.05, 0) is 57.4 Å². The Hall–Kier alpha value is -1.79. The molecule has 0 amide bonds. The summed E-state index contributed by atoms with van der Waals surface area (Å²) in [6, 6.07) is 3.52. The van der Waals surface area contributed by atoms with Crippen LogP contribution in [-0.4, -0.2) is 45.6 Å². The van der Waals surface area contributed by atoms with Crippen molar-refractivity contribution in [3.8, 4) is 17.2 Å². The molecule has 1 aliphatic heterocycles. The van der Waals surface area contributed by atoms with Crippen LogP contribution in [0.25, 0.3) is 0 Å². The lowest BCUT2D eigenvalue weighted by molar-refractivity contribution is 0.0963. The number of carbonyl (C=O) groups excluding carboxylic acids is 1. The maximum atomic E-state index is 11.8. The van der Waals surface area contributed by atoms with Crippen molar-refractivity contribution in [3.05, 3.63) is 17.7 Å². The molecule has 0 radical (unpaired) electrons. The molecule has 0 aliphatic carbocycles. The van der Waals surface area contributed by atoms with Gasteiger partial charge in [-0.2, -0.15) is 0 Å². The first-order chi connectivity index (χ1) is 14.6. The Balaban J connectivity index is 1.43. The molecule has 0 aromatic heterocycles. The fraction of sp³-hybridized carbons (Fsp3) is 0.708. The second kappa shape index (κ2) is 14.3. The Bertz CT molecular complexity index is 628. The highest BCUT2D eigenvalue weighted by Gasteiger charge is 2.22. The highest BCUT2D eigenvalue weighted by Crippen LogP contribution is 2.39. The summed E-state index contributed by atoms with van der Waals surface area (Å²) in [5.41, 5.74) is 0.513. The van der Waals surface area contributed by atoms with E-state index in [0.29, 0.717) is 35.3 Å². The van der Waals surface area contributed by atoms with Gasteiger partial charge in [0, 0.05) is 32.5 Å². The van der Waals surface area contributed by atoms with Gasteiger partial charge in [0.1, 0.15) is 5.75 Å². The first-order valence-electron chi connectivity index (χ1n) is 11.3. The third-order valence-corrected chi connectivity index (χ3v) is 4.94. The molecule has 6 heteroatoms. The smallest absolute Gasteiger partial charge is 0.231 e. The molecule has 30 heavy (non-hydrogen) atoms. The standard InChI is InChI=1S/C24H38O6/c1-19(2)10-15-27-13-9-8-12-26-11-6-4-5-7-14-28-21-16-22(20(3)25)24-23(17-21)29-18-30-24/h16-17,19H,4-15,18H2,1-3H3. The lowest BCUT2D eigenvalue weighted by Gasteiger charge is -2.09. The van der Waals surface area contributed by atoms with Gasteiger partial charge in [0.05, 0.1) is 12.2 Å². The summed E-state index contributed by atoms with van der Waals surface area (Å²) in [5.74, 6) is 2.41. The fourth-order valence-corrected chi connectivity index (χ4v) is 3.11. The van der Waals surface area contributed by atoms with E-state index in [-0.39, 0.29) is 12.6 Å². The predicted molar refractivity (Wildman–Crippen MR) is 117 cm³/mol. The zero-order valence-corrected chi connectivity index (χ0v) is 18.9. The van der Waals surface area contributed by atoms with Gasteiger partial charge in [-0.1, -0.05) is 20.3 Å². The summed E-state index contributed by atoms with van der Waals surface area (Å²) in [4.78, 5) is 11.8. The first kappa shape index (κ1) is 24.5. The zero-order chi connectivity index (χ0) is 21.6. The van der Waals surface area contributed by atoms with Crippen LogP contribution in [0.15, 0.2) is 12.1 Å². The van der Waals surface area contributed by atoms with E-state index in [4.69, 9.17) is 23.7 Å². The van der Waals surface area contributed by atoms with Crippen molar-refractivity contribution in [1.29, 1.82) is 0 Å². The summed E-state index contributed by atoms with van der Waals surface area (Å²) >= 11 is 0. The van der Waals surface area contributed by atoms with Crippen molar-refractivity contribution in [2.75, 3.05) is 39.8 Å². The molecule has 0 unspecified atom stereocenters. The van der Waals surface area contributed by atoms with Crippen LogP contribution in [0.4, 0.5) is 0 Å². The number of ketones is 1. The van der Waals surface area contributed by atoms with Crippen molar-refractivity contribution in [1.82, 2.24) is 0 Å². The Morgan fingerprint density at radius 2 is 1.53 bits per heavy atom. The number of Topliss-reactive ketones (excluding diaryl/α,β-unsaturated/α-hetero) is 1. The first-order valence-corrected chi connectivity index (χ1v) is 11.3. The fourth-order valence-electron chi connectivity index (χ4n) is 3.11. The third kappa shape index (κ3) is 9.35. The average molecular weight is 423 g/mol. The molecule has 1 aliphatic rings. The monoisotopic (exact) mass is 422 g/mol. The van der Waals surface area contributed by atoms with Crippen LogP contribution in [0.1, 0.15) is 76.1 Å². The normalized spacial score (nSPS) is 12.5. The van der Waals surface area contributed by atoms with Crippen molar-refractivity contribution >= 4 is 5.78 Å². The molecule has 1 aromatic carbocycles. The predicted octanol–water partition coefficient (Wildman–Crippen LogP) is 5.42. The van der Waals surface area contributed by atoms with E-state index in [1.165, 1.54) is 6.92 Å². The van der Waals surface area contributed by atoms with E-state index < -0.39 is 0 Å². The molecule has 170 valence electrons. The topological polar surface area (TPSA) is 63.2 Å². The quantitative estimate of drug-likeness (QED) is 0.247. The molecule has 0 saturated heterocycles. The van der Waals surface area contributed by atoms with Gasteiger partial charge in [-0.3, -0.25) is 4.79 Å². The molecule has 6 nitrogen and oxygen atoms in total.